The molecule has 0 fully saturated rings. The third-order valence-corrected chi connectivity index (χ3v) is 5.88. The Labute approximate surface area is 185 Å². The molecule has 7 heteroatoms. The number of benzene rings is 2. The lowest BCUT2D eigenvalue weighted by molar-refractivity contribution is -0.117. The first-order chi connectivity index (χ1) is 15.4. The van der Waals surface area contributed by atoms with Gasteiger partial charge in [0.2, 0.25) is 11.9 Å². The van der Waals surface area contributed by atoms with Crippen LogP contribution in [0, 0.1) is 0 Å². The predicted octanol–water partition coefficient (Wildman–Crippen LogP) is 4.06. The number of amides is 1. The van der Waals surface area contributed by atoms with Gasteiger partial charge >= 0.3 is 5.97 Å². The number of hydrogen-bond acceptors (Lipinski definition) is 4. The van der Waals surface area contributed by atoms with E-state index in [0.717, 1.165) is 24.1 Å². The summed E-state index contributed by atoms with van der Waals surface area (Å²) in [5, 5.41) is 12.5. The van der Waals surface area contributed by atoms with Crippen LogP contribution in [0.4, 0.5) is 5.95 Å². The van der Waals surface area contributed by atoms with Crippen molar-refractivity contribution in [2.24, 2.45) is 0 Å². The summed E-state index contributed by atoms with van der Waals surface area (Å²) in [6.45, 7) is 3.85. The quantitative estimate of drug-likeness (QED) is 0.588. The lowest BCUT2D eigenvalue weighted by atomic mass is 9.94. The number of nitrogens with zero attached hydrogens (tertiary/aromatic N) is 2. The van der Waals surface area contributed by atoms with Crippen LogP contribution < -0.4 is 10.9 Å². The van der Waals surface area contributed by atoms with Gasteiger partial charge in [0.15, 0.2) is 0 Å². The fraction of sp³-hybridized carbons (Fsp3) is 0.280. The Kier molecular flexibility index (Phi) is 5.90. The van der Waals surface area contributed by atoms with Crippen LogP contribution in [-0.2, 0) is 17.6 Å². The molecule has 2 aromatic carbocycles. The number of unbranched alkanes of at least 4 members (excludes halogenated alkanes) is 1. The maximum absolute atomic E-state index is 12.9. The topological polar surface area (TPSA) is 101 Å². The lowest BCUT2D eigenvalue weighted by Gasteiger charge is -2.18. The Morgan fingerprint density at radius 3 is 2.59 bits per heavy atom. The number of anilines is 1. The van der Waals surface area contributed by atoms with Crippen LogP contribution in [0.15, 0.2) is 53.3 Å². The average molecular weight is 431 g/mol. The number of carboxylic acid groups (broad SMARTS) is 1. The van der Waals surface area contributed by atoms with Crippen molar-refractivity contribution in [2.45, 2.75) is 45.6 Å². The summed E-state index contributed by atoms with van der Waals surface area (Å²) < 4.78 is 1.81. The third-order valence-electron chi connectivity index (χ3n) is 5.88. The van der Waals surface area contributed by atoms with Gasteiger partial charge in [-0.25, -0.2) is 4.79 Å². The minimum atomic E-state index is -1.02. The lowest BCUT2D eigenvalue weighted by Crippen LogP contribution is -2.23. The van der Waals surface area contributed by atoms with Gasteiger partial charge in [0.05, 0.1) is 5.56 Å². The molecule has 0 saturated heterocycles. The van der Waals surface area contributed by atoms with Crippen LogP contribution >= 0.6 is 0 Å². The second-order valence-corrected chi connectivity index (χ2v) is 8.03. The number of carboxylic acids is 1. The Hall–Kier alpha value is -3.74. The van der Waals surface area contributed by atoms with E-state index in [9.17, 15) is 19.5 Å². The van der Waals surface area contributed by atoms with E-state index < -0.39 is 12.0 Å². The summed E-state index contributed by atoms with van der Waals surface area (Å²) in [4.78, 5) is 41.2. The fourth-order valence-electron chi connectivity index (χ4n) is 4.20. The van der Waals surface area contributed by atoms with Gasteiger partial charge in [-0.05, 0) is 42.5 Å². The van der Waals surface area contributed by atoms with Crippen molar-refractivity contribution in [3.05, 3.63) is 81.3 Å². The second-order valence-electron chi connectivity index (χ2n) is 8.03. The zero-order valence-corrected chi connectivity index (χ0v) is 18.1. The molecule has 0 bridgehead atoms. The summed E-state index contributed by atoms with van der Waals surface area (Å²) in [5.74, 6) is -0.927. The van der Waals surface area contributed by atoms with E-state index in [1.807, 2.05) is 41.0 Å². The number of aromatic nitrogens is 2. The van der Waals surface area contributed by atoms with Gasteiger partial charge in [-0.2, -0.15) is 4.98 Å². The van der Waals surface area contributed by atoms with E-state index in [0.29, 0.717) is 23.1 Å². The number of fused-ring (bicyclic) bond motifs is 1. The maximum Gasteiger partial charge on any atom is 0.336 e. The summed E-state index contributed by atoms with van der Waals surface area (Å²) >= 11 is 0. The van der Waals surface area contributed by atoms with Gasteiger partial charge in [0.25, 0.3) is 5.56 Å². The molecule has 1 unspecified atom stereocenters. The predicted molar refractivity (Wildman–Crippen MR) is 122 cm³/mol. The van der Waals surface area contributed by atoms with Gasteiger partial charge in [-0.1, -0.05) is 55.8 Å². The highest BCUT2D eigenvalue weighted by molar-refractivity contribution is 5.96. The SMILES string of the molecule is CCCCc1c(Cc2ccc(-c3ccccc3)c(C(=O)O)c2)c(=O)nc2n1C(C)C(=O)N2. The molecule has 3 aromatic rings. The van der Waals surface area contributed by atoms with Crippen molar-refractivity contribution < 1.29 is 14.7 Å². The summed E-state index contributed by atoms with van der Waals surface area (Å²) in [5.41, 5.74) is 3.25. The molecule has 1 aromatic heterocycles. The van der Waals surface area contributed by atoms with E-state index in [1.165, 1.54) is 0 Å². The molecule has 32 heavy (non-hydrogen) atoms. The maximum atomic E-state index is 12.9. The summed E-state index contributed by atoms with van der Waals surface area (Å²) in [7, 11) is 0. The largest absolute Gasteiger partial charge is 0.478 e. The number of aromatic carboxylic acids is 1. The highest BCUT2D eigenvalue weighted by Crippen LogP contribution is 2.29. The van der Waals surface area contributed by atoms with Crippen LogP contribution in [0.2, 0.25) is 0 Å². The van der Waals surface area contributed by atoms with Gasteiger partial charge in [0, 0.05) is 17.7 Å². The van der Waals surface area contributed by atoms with Crippen LogP contribution in [0.1, 0.15) is 59.9 Å². The van der Waals surface area contributed by atoms with Gasteiger partial charge in [-0.3, -0.25) is 14.9 Å². The minimum Gasteiger partial charge on any atom is -0.478 e. The van der Waals surface area contributed by atoms with E-state index in [1.54, 1.807) is 19.1 Å². The molecule has 1 amide bonds. The Morgan fingerprint density at radius 1 is 1.16 bits per heavy atom. The number of carbonyl (C=O) groups is 2. The highest BCUT2D eigenvalue weighted by Gasteiger charge is 2.31. The van der Waals surface area contributed by atoms with Crippen molar-refractivity contribution in [3.8, 4) is 11.1 Å². The monoisotopic (exact) mass is 431 g/mol. The molecule has 7 nitrogen and oxygen atoms in total. The molecule has 164 valence electrons. The molecular weight excluding hydrogens is 406 g/mol. The van der Waals surface area contributed by atoms with E-state index in [4.69, 9.17) is 0 Å². The van der Waals surface area contributed by atoms with Crippen molar-refractivity contribution in [1.82, 2.24) is 9.55 Å². The van der Waals surface area contributed by atoms with E-state index >= 15 is 0 Å². The van der Waals surface area contributed by atoms with Crippen LogP contribution in [0.3, 0.4) is 0 Å². The molecule has 2 heterocycles. The van der Waals surface area contributed by atoms with Crippen LogP contribution in [-0.4, -0.2) is 26.5 Å². The first kappa shape index (κ1) is 21.5. The first-order valence-corrected chi connectivity index (χ1v) is 10.8. The number of nitrogens with one attached hydrogen (secondary N) is 1. The van der Waals surface area contributed by atoms with Crippen LogP contribution in [0.5, 0.6) is 0 Å². The second kappa shape index (κ2) is 8.78. The van der Waals surface area contributed by atoms with Crippen molar-refractivity contribution in [3.63, 3.8) is 0 Å². The zero-order chi connectivity index (χ0) is 22.8. The molecular formula is C25H25N3O4. The number of hydrogen-bond donors (Lipinski definition) is 2. The first-order valence-electron chi connectivity index (χ1n) is 10.8. The molecule has 0 spiro atoms. The van der Waals surface area contributed by atoms with Gasteiger partial charge < -0.3 is 9.67 Å². The molecule has 1 aliphatic rings. The summed E-state index contributed by atoms with van der Waals surface area (Å²) in [6, 6.07) is 14.2. The smallest absolute Gasteiger partial charge is 0.336 e. The Bertz CT molecular complexity index is 1250. The molecule has 0 aliphatic carbocycles. The minimum absolute atomic E-state index is 0.184. The summed E-state index contributed by atoms with van der Waals surface area (Å²) in [6.07, 6.45) is 2.70. The molecule has 2 N–H and O–H groups in total. The van der Waals surface area contributed by atoms with Gasteiger partial charge in [0.1, 0.15) is 6.04 Å². The molecule has 4 rings (SSSR count). The van der Waals surface area contributed by atoms with Crippen molar-refractivity contribution in [1.29, 1.82) is 0 Å². The molecule has 0 saturated carbocycles. The standard InChI is InChI=1S/C25H25N3O4/c1-3-4-10-21-20(23(30)27-25-26-22(29)15(2)28(21)25)14-16-11-12-18(19(13-16)24(31)32)17-8-6-5-7-9-17/h5-9,11-13,15H,3-4,10,14H2,1-2H3,(H,31,32)(H,26,27,29,30). The molecule has 0 radical (unpaired) electrons. The fourth-order valence-corrected chi connectivity index (χ4v) is 4.20. The Balaban J connectivity index is 1.79. The number of carbonyl (C=O) groups excluding carboxylic acids is 1. The van der Waals surface area contributed by atoms with Crippen molar-refractivity contribution in [2.75, 3.05) is 5.32 Å². The van der Waals surface area contributed by atoms with E-state index in [-0.39, 0.29) is 29.4 Å². The van der Waals surface area contributed by atoms with Gasteiger partial charge in [-0.15, -0.1) is 0 Å². The third kappa shape index (κ3) is 3.93. The highest BCUT2D eigenvalue weighted by atomic mass is 16.4. The van der Waals surface area contributed by atoms with Crippen molar-refractivity contribution >= 4 is 17.8 Å². The zero-order valence-electron chi connectivity index (χ0n) is 18.1. The molecule has 1 atom stereocenters. The normalized spacial score (nSPS) is 14.8. The van der Waals surface area contributed by atoms with E-state index in [2.05, 4.69) is 17.2 Å². The molecule has 1 aliphatic heterocycles. The number of rotatable bonds is 7. The van der Waals surface area contributed by atoms with Crippen LogP contribution in [0.25, 0.3) is 11.1 Å². The Morgan fingerprint density at radius 2 is 1.91 bits per heavy atom. The average Bonchev–Trinajstić information content (AvgIpc) is 3.07.